The first-order valence-corrected chi connectivity index (χ1v) is 11.6. The maximum atomic E-state index is 12.4. The van der Waals surface area contributed by atoms with Gasteiger partial charge in [-0.15, -0.1) is 0 Å². The van der Waals surface area contributed by atoms with Crippen LogP contribution in [0.3, 0.4) is 0 Å². The molecular weight excluding hydrogens is 402 g/mol. The second-order valence-corrected chi connectivity index (χ2v) is 9.73. The SMILES string of the molecule is CC(C)c1ccc2[nH]c(=O)c(CNc3nccc(N(C(C)C)S(C)(=O)=O)n3)cc2c1. The van der Waals surface area contributed by atoms with Crippen LogP contribution in [0, 0.1) is 0 Å². The minimum absolute atomic E-state index is 0.191. The van der Waals surface area contributed by atoms with Gasteiger partial charge in [-0.05, 0) is 48.9 Å². The number of H-pyrrole nitrogens is 1. The van der Waals surface area contributed by atoms with Gasteiger partial charge in [-0.25, -0.2) is 13.4 Å². The molecule has 9 heteroatoms. The second kappa shape index (κ2) is 8.43. The van der Waals surface area contributed by atoms with E-state index in [2.05, 4.69) is 40.2 Å². The molecule has 0 saturated carbocycles. The van der Waals surface area contributed by atoms with Gasteiger partial charge in [-0.2, -0.15) is 4.98 Å². The first-order valence-electron chi connectivity index (χ1n) is 9.78. The maximum Gasteiger partial charge on any atom is 0.253 e. The Bertz CT molecular complexity index is 1220. The molecule has 0 aliphatic heterocycles. The molecule has 0 bridgehead atoms. The van der Waals surface area contributed by atoms with E-state index in [0.29, 0.717) is 11.5 Å². The molecule has 3 rings (SSSR count). The minimum atomic E-state index is -3.48. The monoisotopic (exact) mass is 429 g/mol. The Balaban J connectivity index is 1.87. The number of aromatic nitrogens is 3. The molecule has 0 atom stereocenters. The Morgan fingerprint density at radius 3 is 2.50 bits per heavy atom. The van der Waals surface area contributed by atoms with Crippen molar-refractivity contribution in [1.29, 1.82) is 0 Å². The normalized spacial score (nSPS) is 12.0. The number of benzene rings is 1. The Morgan fingerprint density at radius 1 is 1.13 bits per heavy atom. The molecule has 2 aromatic heterocycles. The smallest absolute Gasteiger partial charge is 0.253 e. The van der Waals surface area contributed by atoms with Crippen molar-refractivity contribution >= 4 is 32.7 Å². The number of hydrogen-bond acceptors (Lipinski definition) is 6. The Labute approximate surface area is 176 Å². The molecule has 0 radical (unpaired) electrons. The van der Waals surface area contributed by atoms with Crippen molar-refractivity contribution in [3.05, 3.63) is 58.0 Å². The molecule has 0 aliphatic rings. The number of nitrogens with one attached hydrogen (secondary N) is 2. The van der Waals surface area contributed by atoms with E-state index in [1.54, 1.807) is 19.9 Å². The van der Waals surface area contributed by atoms with Crippen molar-refractivity contribution in [2.24, 2.45) is 0 Å². The molecule has 0 saturated heterocycles. The van der Waals surface area contributed by atoms with Crippen LogP contribution in [0.4, 0.5) is 11.8 Å². The standard InChI is InChI=1S/C21H27N5O3S/c1-13(2)15-6-7-18-16(10-15)11-17(20(27)24-18)12-23-21-22-9-8-19(25-21)26(14(3)4)30(5,28)29/h6-11,13-14H,12H2,1-5H3,(H,24,27)(H,22,23,25). The molecule has 0 unspecified atom stereocenters. The van der Waals surface area contributed by atoms with E-state index in [0.717, 1.165) is 17.2 Å². The van der Waals surface area contributed by atoms with Gasteiger partial charge < -0.3 is 10.3 Å². The summed E-state index contributed by atoms with van der Waals surface area (Å²) in [7, 11) is -3.48. The molecule has 2 heterocycles. The van der Waals surface area contributed by atoms with E-state index in [-0.39, 0.29) is 29.9 Å². The summed E-state index contributed by atoms with van der Waals surface area (Å²) < 4.78 is 25.4. The van der Waals surface area contributed by atoms with E-state index >= 15 is 0 Å². The summed E-state index contributed by atoms with van der Waals surface area (Å²) in [6.07, 6.45) is 2.63. The zero-order valence-corrected chi connectivity index (χ0v) is 18.6. The van der Waals surface area contributed by atoms with Crippen molar-refractivity contribution < 1.29 is 8.42 Å². The van der Waals surface area contributed by atoms with Crippen molar-refractivity contribution in [3.63, 3.8) is 0 Å². The topological polar surface area (TPSA) is 108 Å². The number of fused-ring (bicyclic) bond motifs is 1. The fourth-order valence-electron chi connectivity index (χ4n) is 3.31. The van der Waals surface area contributed by atoms with E-state index in [4.69, 9.17) is 0 Å². The predicted molar refractivity (Wildman–Crippen MR) is 120 cm³/mol. The molecule has 3 aromatic rings. The molecule has 0 fully saturated rings. The van der Waals surface area contributed by atoms with E-state index in [9.17, 15) is 13.2 Å². The molecule has 0 aliphatic carbocycles. The van der Waals surface area contributed by atoms with Crippen molar-refractivity contribution in [3.8, 4) is 0 Å². The molecule has 160 valence electrons. The van der Waals surface area contributed by atoms with Gasteiger partial charge in [0.25, 0.3) is 5.56 Å². The summed E-state index contributed by atoms with van der Waals surface area (Å²) in [6, 6.07) is 9.12. The highest BCUT2D eigenvalue weighted by molar-refractivity contribution is 7.92. The lowest BCUT2D eigenvalue weighted by Crippen LogP contribution is -2.36. The van der Waals surface area contributed by atoms with Crippen LogP contribution in [0.5, 0.6) is 0 Å². The largest absolute Gasteiger partial charge is 0.350 e. The zero-order valence-electron chi connectivity index (χ0n) is 17.8. The van der Waals surface area contributed by atoms with Crippen molar-refractivity contribution in [2.45, 2.75) is 46.2 Å². The van der Waals surface area contributed by atoms with Crippen LogP contribution in [0.15, 0.2) is 41.3 Å². The fourth-order valence-corrected chi connectivity index (χ4v) is 4.52. The van der Waals surface area contributed by atoms with E-state index < -0.39 is 10.0 Å². The van der Waals surface area contributed by atoms with Gasteiger partial charge in [-0.1, -0.05) is 19.9 Å². The minimum Gasteiger partial charge on any atom is -0.350 e. The average molecular weight is 430 g/mol. The fraction of sp³-hybridized carbons (Fsp3) is 0.381. The Kier molecular flexibility index (Phi) is 6.12. The molecular formula is C21H27N5O3S. The van der Waals surface area contributed by atoms with Gasteiger partial charge in [-0.3, -0.25) is 9.10 Å². The van der Waals surface area contributed by atoms with Crippen LogP contribution in [0.1, 0.15) is 44.7 Å². The number of pyridine rings is 1. The number of nitrogens with zero attached hydrogens (tertiary/aromatic N) is 3. The maximum absolute atomic E-state index is 12.4. The van der Waals surface area contributed by atoms with E-state index in [1.807, 2.05) is 18.2 Å². The van der Waals surface area contributed by atoms with Gasteiger partial charge in [0.2, 0.25) is 16.0 Å². The van der Waals surface area contributed by atoms with Crippen LogP contribution < -0.4 is 15.2 Å². The highest BCUT2D eigenvalue weighted by atomic mass is 32.2. The van der Waals surface area contributed by atoms with Gasteiger partial charge in [0.05, 0.1) is 6.26 Å². The average Bonchev–Trinajstić information content (AvgIpc) is 2.64. The number of hydrogen-bond donors (Lipinski definition) is 2. The van der Waals surface area contributed by atoms with Crippen LogP contribution in [-0.2, 0) is 16.6 Å². The number of sulfonamides is 1. The van der Waals surface area contributed by atoms with Crippen LogP contribution in [0.25, 0.3) is 10.9 Å². The lowest BCUT2D eigenvalue weighted by atomic mass is 10.0. The second-order valence-electron chi connectivity index (χ2n) is 7.87. The van der Waals surface area contributed by atoms with Gasteiger partial charge >= 0.3 is 0 Å². The predicted octanol–water partition coefficient (Wildman–Crippen LogP) is 3.23. The highest BCUT2D eigenvalue weighted by Gasteiger charge is 2.22. The van der Waals surface area contributed by atoms with Gasteiger partial charge in [0, 0.05) is 35.9 Å². The summed E-state index contributed by atoms with van der Waals surface area (Å²) in [4.78, 5) is 23.8. The van der Waals surface area contributed by atoms with Gasteiger partial charge in [0.15, 0.2) is 0 Å². The third kappa shape index (κ3) is 4.79. The number of anilines is 2. The molecule has 0 amide bonds. The summed E-state index contributed by atoms with van der Waals surface area (Å²) in [5, 5.41) is 3.98. The summed E-state index contributed by atoms with van der Waals surface area (Å²) in [5.41, 5.74) is 2.33. The number of rotatable bonds is 7. The van der Waals surface area contributed by atoms with Crippen molar-refractivity contribution in [1.82, 2.24) is 15.0 Å². The van der Waals surface area contributed by atoms with E-state index in [1.165, 1.54) is 16.1 Å². The summed E-state index contributed by atoms with van der Waals surface area (Å²) >= 11 is 0. The molecule has 30 heavy (non-hydrogen) atoms. The van der Waals surface area contributed by atoms with Crippen molar-refractivity contribution in [2.75, 3.05) is 15.9 Å². The lowest BCUT2D eigenvalue weighted by Gasteiger charge is -2.25. The third-order valence-corrected chi connectivity index (χ3v) is 6.07. The molecule has 1 aromatic carbocycles. The summed E-state index contributed by atoms with van der Waals surface area (Å²) in [6.45, 7) is 8.00. The summed E-state index contributed by atoms with van der Waals surface area (Å²) in [5.74, 6) is 0.911. The number of aromatic amines is 1. The first-order chi connectivity index (χ1) is 14.1. The quantitative estimate of drug-likeness (QED) is 0.597. The van der Waals surface area contributed by atoms with Gasteiger partial charge in [0.1, 0.15) is 5.82 Å². The van der Waals surface area contributed by atoms with Crippen LogP contribution in [0.2, 0.25) is 0 Å². The molecule has 0 spiro atoms. The zero-order chi connectivity index (χ0) is 22.1. The van der Waals surface area contributed by atoms with Crippen LogP contribution >= 0.6 is 0 Å². The first kappa shape index (κ1) is 21.8. The highest BCUT2D eigenvalue weighted by Crippen LogP contribution is 2.21. The third-order valence-electron chi connectivity index (χ3n) is 4.74. The lowest BCUT2D eigenvalue weighted by molar-refractivity contribution is 0.589. The molecule has 8 nitrogen and oxygen atoms in total. The van der Waals surface area contributed by atoms with Crippen LogP contribution in [-0.4, -0.2) is 35.7 Å². The molecule has 2 N–H and O–H groups in total. The Morgan fingerprint density at radius 2 is 1.87 bits per heavy atom. The Hall–Kier alpha value is -2.94.